The van der Waals surface area contributed by atoms with Crippen molar-refractivity contribution >= 4 is 39.1 Å². The van der Waals surface area contributed by atoms with Crippen LogP contribution in [-0.2, 0) is 26.2 Å². The number of amides is 2. The van der Waals surface area contributed by atoms with Gasteiger partial charge in [0.05, 0.1) is 10.6 Å². The molecule has 9 heteroatoms. The maximum Gasteiger partial charge on any atom is 0.264 e. The summed E-state index contributed by atoms with van der Waals surface area (Å²) in [4.78, 5) is 27.7. The van der Waals surface area contributed by atoms with E-state index in [0.717, 1.165) is 9.87 Å². The maximum atomic E-state index is 13.7. The Morgan fingerprint density at radius 3 is 2.17 bits per heavy atom. The first-order valence-corrected chi connectivity index (χ1v) is 13.0. The molecule has 3 aromatic rings. The van der Waals surface area contributed by atoms with Gasteiger partial charge in [0.2, 0.25) is 11.8 Å². The number of hydrogen-bond acceptors (Lipinski definition) is 4. The van der Waals surface area contributed by atoms with E-state index in [0.29, 0.717) is 11.6 Å². The monoisotopic (exact) mass is 513 g/mol. The number of likely N-dealkylation sites (N-methyl/N-ethyl adjacent to an activating group) is 1. The summed E-state index contributed by atoms with van der Waals surface area (Å²) in [5, 5.41) is 3.07. The van der Waals surface area contributed by atoms with Gasteiger partial charge in [0, 0.05) is 18.1 Å². The summed E-state index contributed by atoms with van der Waals surface area (Å²) in [6.07, 6.45) is 0. The van der Waals surface area contributed by atoms with Gasteiger partial charge >= 0.3 is 0 Å². The zero-order valence-electron chi connectivity index (χ0n) is 19.6. The van der Waals surface area contributed by atoms with E-state index in [1.165, 1.54) is 23.1 Å². The average molecular weight is 514 g/mol. The second kappa shape index (κ2) is 11.9. The van der Waals surface area contributed by atoms with Gasteiger partial charge in [-0.25, -0.2) is 8.42 Å². The molecule has 0 fully saturated rings. The van der Waals surface area contributed by atoms with E-state index < -0.39 is 28.5 Å². The largest absolute Gasteiger partial charge is 0.355 e. The van der Waals surface area contributed by atoms with Crippen LogP contribution in [0.25, 0.3) is 0 Å². The third-order valence-corrected chi connectivity index (χ3v) is 7.44. The van der Waals surface area contributed by atoms with Crippen molar-refractivity contribution in [1.82, 2.24) is 10.2 Å². The summed E-state index contributed by atoms with van der Waals surface area (Å²) in [5.74, 6) is -0.843. The Morgan fingerprint density at radius 1 is 0.943 bits per heavy atom. The molecule has 0 radical (unpaired) electrons. The molecule has 0 bridgehead atoms. The van der Waals surface area contributed by atoms with E-state index >= 15 is 0 Å². The van der Waals surface area contributed by atoms with Gasteiger partial charge in [0.25, 0.3) is 10.0 Å². The van der Waals surface area contributed by atoms with Crippen molar-refractivity contribution < 1.29 is 18.0 Å². The lowest BCUT2D eigenvalue weighted by Gasteiger charge is -2.32. The molecule has 0 aromatic heterocycles. The number of carbonyl (C=O) groups is 2. The SMILES string of the molecule is CCNC(=O)[C@H](C)N(Cc1ccccc1)C(=O)CN(c1cccc(Cl)c1)S(=O)(=O)c1ccccc1. The fourth-order valence-corrected chi connectivity index (χ4v) is 5.18. The average Bonchev–Trinajstić information content (AvgIpc) is 2.86. The highest BCUT2D eigenvalue weighted by Crippen LogP contribution is 2.26. The third kappa shape index (κ3) is 6.61. The van der Waals surface area contributed by atoms with Crippen LogP contribution >= 0.6 is 11.6 Å². The lowest BCUT2D eigenvalue weighted by Crippen LogP contribution is -2.51. The zero-order valence-corrected chi connectivity index (χ0v) is 21.2. The molecule has 0 aliphatic rings. The fraction of sp³-hybridized carbons (Fsp3) is 0.231. The van der Waals surface area contributed by atoms with Gasteiger partial charge in [-0.15, -0.1) is 0 Å². The van der Waals surface area contributed by atoms with Gasteiger partial charge < -0.3 is 10.2 Å². The molecule has 1 atom stereocenters. The minimum absolute atomic E-state index is 0.0409. The highest BCUT2D eigenvalue weighted by atomic mass is 35.5. The van der Waals surface area contributed by atoms with Gasteiger partial charge in [-0.05, 0) is 49.7 Å². The Morgan fingerprint density at radius 2 is 1.57 bits per heavy atom. The fourth-order valence-electron chi connectivity index (χ4n) is 3.56. The van der Waals surface area contributed by atoms with E-state index in [-0.39, 0.29) is 23.0 Å². The lowest BCUT2D eigenvalue weighted by molar-refractivity contribution is -0.139. The van der Waals surface area contributed by atoms with Gasteiger partial charge in [-0.2, -0.15) is 0 Å². The molecule has 3 rings (SSSR count). The van der Waals surface area contributed by atoms with Crippen LogP contribution in [0.1, 0.15) is 19.4 Å². The number of nitrogens with one attached hydrogen (secondary N) is 1. The number of hydrogen-bond donors (Lipinski definition) is 1. The molecule has 0 saturated carbocycles. The molecule has 0 saturated heterocycles. The van der Waals surface area contributed by atoms with Crippen LogP contribution in [0.3, 0.4) is 0 Å². The van der Waals surface area contributed by atoms with Crippen molar-refractivity contribution in [3.05, 3.63) is 95.5 Å². The second-order valence-electron chi connectivity index (χ2n) is 7.88. The van der Waals surface area contributed by atoms with Crippen molar-refractivity contribution in [2.45, 2.75) is 31.3 Å². The van der Waals surface area contributed by atoms with Crippen molar-refractivity contribution in [2.24, 2.45) is 0 Å². The summed E-state index contributed by atoms with van der Waals surface area (Å²) in [7, 11) is -4.10. The molecule has 7 nitrogen and oxygen atoms in total. The van der Waals surface area contributed by atoms with Crippen LogP contribution < -0.4 is 9.62 Å². The number of nitrogens with zero attached hydrogens (tertiary/aromatic N) is 2. The summed E-state index contributed by atoms with van der Waals surface area (Å²) in [5.41, 5.74) is 1.07. The molecule has 0 aliphatic carbocycles. The first-order chi connectivity index (χ1) is 16.7. The summed E-state index contributed by atoms with van der Waals surface area (Å²) < 4.78 is 28.2. The van der Waals surface area contributed by atoms with E-state index in [9.17, 15) is 18.0 Å². The van der Waals surface area contributed by atoms with E-state index in [4.69, 9.17) is 11.6 Å². The standard InChI is InChI=1S/C26H28ClN3O4S/c1-3-28-26(32)20(2)29(18-21-11-6-4-7-12-21)25(31)19-30(23-14-10-13-22(27)17-23)35(33,34)24-15-8-5-9-16-24/h4-17,20H,3,18-19H2,1-2H3,(H,28,32)/t20-/m0/s1. The predicted molar refractivity (Wildman–Crippen MR) is 138 cm³/mol. The van der Waals surface area contributed by atoms with Crippen molar-refractivity contribution in [3.63, 3.8) is 0 Å². The molecular formula is C26H28ClN3O4S. The minimum atomic E-state index is -4.10. The molecule has 2 amide bonds. The molecule has 184 valence electrons. The molecule has 0 spiro atoms. The van der Waals surface area contributed by atoms with Gasteiger partial charge in [0.15, 0.2) is 0 Å². The summed E-state index contributed by atoms with van der Waals surface area (Å²) >= 11 is 6.15. The number of rotatable bonds is 10. The second-order valence-corrected chi connectivity index (χ2v) is 10.2. The van der Waals surface area contributed by atoms with Crippen molar-refractivity contribution in [2.75, 3.05) is 17.4 Å². The lowest BCUT2D eigenvalue weighted by atomic mass is 10.1. The Bertz CT molecular complexity index is 1250. The number of carbonyl (C=O) groups excluding carboxylic acids is 2. The summed E-state index contributed by atoms with van der Waals surface area (Å²) in [6.45, 7) is 3.47. The maximum absolute atomic E-state index is 13.7. The smallest absolute Gasteiger partial charge is 0.264 e. The van der Waals surface area contributed by atoms with Crippen LogP contribution in [0.2, 0.25) is 5.02 Å². The molecule has 0 heterocycles. The molecule has 0 unspecified atom stereocenters. The van der Waals surface area contributed by atoms with Gasteiger partial charge in [0.1, 0.15) is 12.6 Å². The predicted octanol–water partition coefficient (Wildman–Crippen LogP) is 4.09. The van der Waals surface area contributed by atoms with E-state index in [1.807, 2.05) is 30.3 Å². The normalized spacial score (nSPS) is 12.0. The highest BCUT2D eigenvalue weighted by Gasteiger charge is 2.32. The van der Waals surface area contributed by atoms with Crippen LogP contribution in [0.4, 0.5) is 5.69 Å². The highest BCUT2D eigenvalue weighted by molar-refractivity contribution is 7.92. The quantitative estimate of drug-likeness (QED) is 0.442. The third-order valence-electron chi connectivity index (χ3n) is 5.42. The molecule has 3 aromatic carbocycles. The molecule has 35 heavy (non-hydrogen) atoms. The van der Waals surface area contributed by atoms with E-state index in [2.05, 4.69) is 5.32 Å². The van der Waals surface area contributed by atoms with Crippen LogP contribution in [0.5, 0.6) is 0 Å². The topological polar surface area (TPSA) is 86.8 Å². The van der Waals surface area contributed by atoms with Crippen LogP contribution in [0, 0.1) is 0 Å². The molecular weight excluding hydrogens is 486 g/mol. The van der Waals surface area contributed by atoms with Gasteiger partial charge in [-0.1, -0.05) is 66.2 Å². The molecule has 0 aliphatic heterocycles. The Labute approximate surface area is 211 Å². The first-order valence-electron chi connectivity index (χ1n) is 11.2. The molecule has 1 N–H and O–H groups in total. The number of anilines is 1. The number of halogens is 1. The van der Waals surface area contributed by atoms with Crippen LogP contribution in [0.15, 0.2) is 89.8 Å². The zero-order chi connectivity index (χ0) is 25.4. The first kappa shape index (κ1) is 26.2. The summed E-state index contributed by atoms with van der Waals surface area (Å²) in [6, 6.07) is 22.6. The van der Waals surface area contributed by atoms with Crippen LogP contribution in [-0.4, -0.2) is 44.3 Å². The van der Waals surface area contributed by atoms with Crippen molar-refractivity contribution in [1.29, 1.82) is 0 Å². The van der Waals surface area contributed by atoms with Crippen molar-refractivity contribution in [3.8, 4) is 0 Å². The Balaban J connectivity index is 2.01. The minimum Gasteiger partial charge on any atom is -0.355 e. The number of sulfonamides is 1. The Kier molecular flexibility index (Phi) is 8.89. The number of benzene rings is 3. The Hall–Kier alpha value is -3.36. The van der Waals surface area contributed by atoms with Gasteiger partial charge in [-0.3, -0.25) is 13.9 Å². The van der Waals surface area contributed by atoms with E-state index in [1.54, 1.807) is 50.2 Å².